The molecule has 0 radical (unpaired) electrons. The maximum absolute atomic E-state index is 12.6. The average Bonchev–Trinajstić information content (AvgIpc) is 2.63. The molecule has 0 bridgehead atoms. The molecule has 6 nitrogen and oxygen atoms in total. The highest BCUT2D eigenvalue weighted by Crippen LogP contribution is 2.23. The van der Waals surface area contributed by atoms with Crippen molar-refractivity contribution in [2.75, 3.05) is 33.2 Å². The molecule has 0 aromatic carbocycles. The number of nitrogens with zero attached hydrogens (tertiary/aromatic N) is 2. The molecular formula is C16H31F2IN4O2S. The molecule has 2 aliphatic rings. The van der Waals surface area contributed by atoms with Crippen LogP contribution < -0.4 is 10.6 Å². The fraction of sp³-hybridized carbons (Fsp3) is 0.938. The number of aliphatic imine (C=N–C) groups is 1. The Bertz CT molecular complexity index is 534. The SMILES string of the molecule is CN=C(NCC1CCCCC1)NCC1CCN(S(=O)(=O)C(F)F)CC1.I. The molecule has 1 saturated carbocycles. The van der Waals surface area contributed by atoms with E-state index in [2.05, 4.69) is 15.6 Å². The summed E-state index contributed by atoms with van der Waals surface area (Å²) < 4.78 is 49.0. The third-order valence-corrected chi connectivity index (χ3v) is 6.76. The maximum atomic E-state index is 12.6. The fourth-order valence-corrected chi connectivity index (χ4v) is 4.52. The number of alkyl halides is 2. The minimum Gasteiger partial charge on any atom is -0.356 e. The second-order valence-electron chi connectivity index (χ2n) is 6.99. The number of halogens is 3. The van der Waals surface area contributed by atoms with Crippen molar-refractivity contribution in [1.29, 1.82) is 0 Å². The van der Waals surface area contributed by atoms with E-state index >= 15 is 0 Å². The quantitative estimate of drug-likeness (QED) is 0.329. The smallest absolute Gasteiger partial charge is 0.350 e. The van der Waals surface area contributed by atoms with Gasteiger partial charge < -0.3 is 10.6 Å². The van der Waals surface area contributed by atoms with Crippen molar-refractivity contribution in [1.82, 2.24) is 14.9 Å². The van der Waals surface area contributed by atoms with Gasteiger partial charge in [0, 0.05) is 33.2 Å². The molecule has 1 aliphatic heterocycles. The Morgan fingerprint density at radius 1 is 1.04 bits per heavy atom. The molecule has 1 aliphatic carbocycles. The van der Waals surface area contributed by atoms with Gasteiger partial charge in [-0.05, 0) is 37.5 Å². The second kappa shape index (κ2) is 11.6. The predicted octanol–water partition coefficient (Wildman–Crippen LogP) is 2.61. The van der Waals surface area contributed by atoms with Crippen LogP contribution in [0.25, 0.3) is 0 Å². The molecule has 0 atom stereocenters. The highest BCUT2D eigenvalue weighted by molar-refractivity contribution is 14.0. The maximum Gasteiger partial charge on any atom is 0.350 e. The van der Waals surface area contributed by atoms with Gasteiger partial charge in [-0.1, -0.05) is 19.3 Å². The van der Waals surface area contributed by atoms with Crippen molar-refractivity contribution in [3.8, 4) is 0 Å². The first kappa shape index (κ1) is 23.8. The third-order valence-electron chi connectivity index (χ3n) is 5.22. The van der Waals surface area contributed by atoms with Crippen LogP contribution in [0.15, 0.2) is 4.99 Å². The Hall–Kier alpha value is -0.230. The van der Waals surface area contributed by atoms with E-state index in [0.717, 1.165) is 16.8 Å². The van der Waals surface area contributed by atoms with E-state index in [4.69, 9.17) is 0 Å². The zero-order valence-corrected chi connectivity index (χ0v) is 18.4. The molecular weight excluding hydrogens is 477 g/mol. The molecule has 0 amide bonds. The summed E-state index contributed by atoms with van der Waals surface area (Å²) in [6, 6.07) is 0. The molecule has 0 aromatic heterocycles. The molecule has 1 heterocycles. The van der Waals surface area contributed by atoms with Crippen LogP contribution in [-0.4, -0.2) is 57.7 Å². The van der Waals surface area contributed by atoms with E-state index in [-0.39, 0.29) is 43.0 Å². The monoisotopic (exact) mass is 508 g/mol. The van der Waals surface area contributed by atoms with Crippen molar-refractivity contribution >= 4 is 40.0 Å². The standard InChI is InChI=1S/C16H30F2N4O2S.HI/c1-19-16(20-11-13-5-3-2-4-6-13)21-12-14-7-9-22(10-8-14)25(23,24)15(17)18;/h13-15H,2-12H2,1H3,(H2,19,20,21);1H. The third kappa shape index (κ3) is 7.06. The Kier molecular flexibility index (Phi) is 10.6. The van der Waals surface area contributed by atoms with Crippen LogP contribution in [-0.2, 0) is 10.0 Å². The van der Waals surface area contributed by atoms with Crippen LogP contribution >= 0.6 is 24.0 Å². The fourth-order valence-electron chi connectivity index (χ4n) is 3.57. The minimum absolute atomic E-state index is 0. The predicted molar refractivity (Wildman–Crippen MR) is 111 cm³/mol. The molecule has 26 heavy (non-hydrogen) atoms. The highest BCUT2D eigenvalue weighted by Gasteiger charge is 2.34. The van der Waals surface area contributed by atoms with Crippen LogP contribution in [0.5, 0.6) is 0 Å². The molecule has 154 valence electrons. The molecule has 2 N–H and O–H groups in total. The van der Waals surface area contributed by atoms with Crippen molar-refractivity contribution < 1.29 is 17.2 Å². The molecule has 0 spiro atoms. The number of rotatable bonds is 6. The van der Waals surface area contributed by atoms with Gasteiger partial charge in [0.05, 0.1) is 0 Å². The normalized spacial score (nSPS) is 21.5. The van der Waals surface area contributed by atoms with E-state index in [9.17, 15) is 17.2 Å². The molecule has 2 fully saturated rings. The Morgan fingerprint density at radius 3 is 2.00 bits per heavy atom. The first-order chi connectivity index (χ1) is 11.9. The summed E-state index contributed by atoms with van der Waals surface area (Å²) in [4.78, 5) is 4.22. The number of piperidine rings is 1. The zero-order chi connectivity index (χ0) is 18.3. The van der Waals surface area contributed by atoms with Gasteiger partial charge in [0.25, 0.3) is 10.0 Å². The van der Waals surface area contributed by atoms with E-state index in [1.807, 2.05) is 0 Å². The van der Waals surface area contributed by atoms with E-state index in [1.165, 1.54) is 32.1 Å². The lowest BCUT2D eigenvalue weighted by molar-refractivity contribution is 0.204. The van der Waals surface area contributed by atoms with E-state index in [0.29, 0.717) is 25.3 Å². The van der Waals surface area contributed by atoms with Gasteiger partial charge in [-0.2, -0.15) is 13.1 Å². The van der Waals surface area contributed by atoms with E-state index in [1.54, 1.807) is 7.05 Å². The summed E-state index contributed by atoms with van der Waals surface area (Å²) >= 11 is 0. The Balaban J connectivity index is 0.00000338. The lowest BCUT2D eigenvalue weighted by Gasteiger charge is -2.31. The lowest BCUT2D eigenvalue weighted by atomic mass is 9.89. The van der Waals surface area contributed by atoms with Crippen LogP contribution in [0.3, 0.4) is 0 Å². The number of nitrogens with one attached hydrogen (secondary N) is 2. The summed E-state index contributed by atoms with van der Waals surface area (Å²) in [5.74, 6) is -1.61. The Morgan fingerprint density at radius 2 is 1.54 bits per heavy atom. The zero-order valence-electron chi connectivity index (χ0n) is 15.3. The van der Waals surface area contributed by atoms with Crippen molar-refractivity contribution in [3.63, 3.8) is 0 Å². The lowest BCUT2D eigenvalue weighted by Crippen LogP contribution is -2.46. The molecule has 2 rings (SSSR count). The summed E-state index contributed by atoms with van der Waals surface area (Å²) in [5, 5.41) is 6.64. The summed E-state index contributed by atoms with van der Waals surface area (Å²) in [6.45, 7) is 1.91. The van der Waals surface area contributed by atoms with Crippen LogP contribution in [0.4, 0.5) is 8.78 Å². The van der Waals surface area contributed by atoms with Gasteiger partial charge >= 0.3 is 5.76 Å². The summed E-state index contributed by atoms with van der Waals surface area (Å²) in [7, 11) is -2.71. The minimum atomic E-state index is -4.44. The number of hydrogen-bond donors (Lipinski definition) is 2. The Labute approximate surface area is 172 Å². The van der Waals surface area contributed by atoms with Gasteiger partial charge in [-0.15, -0.1) is 24.0 Å². The average molecular weight is 508 g/mol. The highest BCUT2D eigenvalue weighted by atomic mass is 127. The van der Waals surface area contributed by atoms with Crippen LogP contribution in [0, 0.1) is 11.8 Å². The first-order valence-corrected chi connectivity index (χ1v) is 10.7. The van der Waals surface area contributed by atoms with Gasteiger partial charge in [0.15, 0.2) is 5.96 Å². The number of guanidine groups is 1. The van der Waals surface area contributed by atoms with Gasteiger partial charge in [0.1, 0.15) is 0 Å². The van der Waals surface area contributed by atoms with Crippen LogP contribution in [0.1, 0.15) is 44.9 Å². The first-order valence-electron chi connectivity index (χ1n) is 9.15. The molecule has 10 heteroatoms. The molecule has 0 unspecified atom stereocenters. The van der Waals surface area contributed by atoms with Crippen molar-refractivity contribution in [3.05, 3.63) is 0 Å². The van der Waals surface area contributed by atoms with Gasteiger partial charge in [-0.25, -0.2) is 8.42 Å². The topological polar surface area (TPSA) is 73.8 Å². The second-order valence-corrected chi connectivity index (χ2v) is 8.89. The number of hydrogen-bond acceptors (Lipinski definition) is 3. The summed E-state index contributed by atoms with van der Waals surface area (Å²) in [5.41, 5.74) is 0. The van der Waals surface area contributed by atoms with Gasteiger partial charge in [0.2, 0.25) is 0 Å². The largest absolute Gasteiger partial charge is 0.356 e. The molecule has 1 saturated heterocycles. The van der Waals surface area contributed by atoms with Crippen molar-refractivity contribution in [2.45, 2.75) is 50.7 Å². The van der Waals surface area contributed by atoms with Gasteiger partial charge in [-0.3, -0.25) is 4.99 Å². The number of sulfonamides is 1. The van der Waals surface area contributed by atoms with Crippen LogP contribution in [0.2, 0.25) is 0 Å². The van der Waals surface area contributed by atoms with E-state index < -0.39 is 15.8 Å². The summed E-state index contributed by atoms with van der Waals surface area (Å²) in [6.07, 6.45) is 7.64. The van der Waals surface area contributed by atoms with Crippen molar-refractivity contribution in [2.24, 2.45) is 16.8 Å². The molecule has 0 aromatic rings.